The number of aromatic nitrogens is 1. The van der Waals surface area contributed by atoms with E-state index in [1.807, 2.05) is 55.5 Å². The number of aryl methyl sites for hydroxylation is 1. The van der Waals surface area contributed by atoms with Gasteiger partial charge in [-0.2, -0.15) is 0 Å². The van der Waals surface area contributed by atoms with Crippen molar-refractivity contribution in [3.8, 4) is 0 Å². The number of hydrogen-bond acceptors (Lipinski definition) is 3. The van der Waals surface area contributed by atoms with E-state index in [1.54, 1.807) is 35.2 Å². The highest BCUT2D eigenvalue weighted by Gasteiger charge is 2.53. The molecule has 3 aromatic carbocycles. The second-order valence-electron chi connectivity index (χ2n) is 9.48. The van der Waals surface area contributed by atoms with Crippen molar-refractivity contribution >= 4 is 34.4 Å². The zero-order chi connectivity index (χ0) is 25.7. The van der Waals surface area contributed by atoms with Gasteiger partial charge in [0.05, 0.1) is 11.3 Å². The second kappa shape index (κ2) is 8.78. The summed E-state index contributed by atoms with van der Waals surface area (Å²) >= 11 is 0. The summed E-state index contributed by atoms with van der Waals surface area (Å²) in [7, 11) is 0. The van der Waals surface area contributed by atoms with Gasteiger partial charge in [-0.1, -0.05) is 66.2 Å². The van der Waals surface area contributed by atoms with Crippen LogP contribution in [-0.2, 0) is 11.2 Å². The van der Waals surface area contributed by atoms with Gasteiger partial charge in [-0.3, -0.25) is 14.5 Å². The Morgan fingerprint density at radius 1 is 1.05 bits per heavy atom. The fourth-order valence-electron chi connectivity index (χ4n) is 5.51. The number of fused-ring (bicyclic) bond motifs is 4. The predicted octanol–water partition coefficient (Wildman–Crippen LogP) is 4.88. The molecule has 184 valence electrons. The summed E-state index contributed by atoms with van der Waals surface area (Å²) in [4.78, 5) is 47.3. The Kier molecular flexibility index (Phi) is 5.41. The minimum Gasteiger partial charge on any atom is -0.356 e. The van der Waals surface area contributed by atoms with Crippen molar-refractivity contribution in [2.24, 2.45) is 0 Å². The van der Waals surface area contributed by atoms with Crippen LogP contribution in [0.15, 0.2) is 85.5 Å². The highest BCUT2D eigenvalue weighted by molar-refractivity contribution is 6.24. The Hall–Kier alpha value is -4.65. The van der Waals surface area contributed by atoms with E-state index in [4.69, 9.17) is 0 Å². The summed E-state index contributed by atoms with van der Waals surface area (Å²) in [5.41, 5.74) is 5.52. The summed E-state index contributed by atoms with van der Waals surface area (Å²) in [5, 5.41) is 3.80. The number of nitrogens with one attached hydrogen (secondary N) is 2. The molecule has 3 heterocycles. The minimum absolute atomic E-state index is 0.266. The number of rotatable bonds is 5. The van der Waals surface area contributed by atoms with Crippen LogP contribution < -0.4 is 10.2 Å². The van der Waals surface area contributed by atoms with Gasteiger partial charge in [0.1, 0.15) is 12.1 Å². The van der Waals surface area contributed by atoms with E-state index >= 15 is 0 Å². The SMILES string of the molecule is C=CCNC(=O)c1ccccc1N1C(=O)[C@@H]2Cc3c([nH]c4ccccc34)[C@H](c3ccc(C)cc3)N2C1=O. The molecule has 0 aliphatic carbocycles. The molecular weight excluding hydrogens is 464 g/mol. The number of hydrogen-bond donors (Lipinski definition) is 2. The first-order chi connectivity index (χ1) is 18.0. The first-order valence-electron chi connectivity index (χ1n) is 12.3. The molecule has 1 aromatic heterocycles. The van der Waals surface area contributed by atoms with Crippen molar-refractivity contribution in [1.82, 2.24) is 15.2 Å². The third-order valence-electron chi connectivity index (χ3n) is 7.24. The molecule has 6 rings (SSSR count). The number of urea groups is 1. The van der Waals surface area contributed by atoms with Crippen LogP contribution in [0.25, 0.3) is 10.9 Å². The van der Waals surface area contributed by atoms with Gasteiger partial charge in [0, 0.05) is 29.6 Å². The number of anilines is 1. The number of H-pyrrole nitrogens is 1. The number of carbonyl (C=O) groups excluding carboxylic acids is 3. The second-order valence-corrected chi connectivity index (χ2v) is 9.48. The lowest BCUT2D eigenvalue weighted by Crippen LogP contribution is -2.44. The molecule has 2 aliphatic heterocycles. The van der Waals surface area contributed by atoms with Crippen LogP contribution in [0, 0.1) is 6.92 Å². The van der Waals surface area contributed by atoms with Gasteiger partial charge in [-0.15, -0.1) is 6.58 Å². The molecule has 2 aliphatic rings. The smallest absolute Gasteiger partial charge is 0.332 e. The van der Waals surface area contributed by atoms with Crippen molar-refractivity contribution in [2.75, 3.05) is 11.4 Å². The number of amides is 4. The summed E-state index contributed by atoms with van der Waals surface area (Å²) in [6, 6.07) is 21.2. The number of nitrogens with zero attached hydrogens (tertiary/aromatic N) is 2. The van der Waals surface area contributed by atoms with Crippen LogP contribution in [0.1, 0.15) is 38.8 Å². The quantitative estimate of drug-likeness (QED) is 0.309. The third kappa shape index (κ3) is 3.54. The Morgan fingerprint density at radius 2 is 1.78 bits per heavy atom. The van der Waals surface area contributed by atoms with E-state index in [0.717, 1.165) is 33.3 Å². The summed E-state index contributed by atoms with van der Waals surface area (Å²) in [6.45, 7) is 5.93. The van der Waals surface area contributed by atoms with E-state index in [2.05, 4.69) is 16.9 Å². The van der Waals surface area contributed by atoms with E-state index in [0.29, 0.717) is 6.42 Å². The lowest BCUT2D eigenvalue weighted by molar-refractivity contribution is -0.120. The molecule has 4 amide bonds. The first kappa shape index (κ1) is 22.8. The zero-order valence-corrected chi connectivity index (χ0v) is 20.4. The van der Waals surface area contributed by atoms with E-state index in [-0.39, 0.29) is 29.6 Å². The number of aromatic amines is 1. The summed E-state index contributed by atoms with van der Waals surface area (Å²) in [6.07, 6.45) is 1.98. The molecule has 7 heteroatoms. The molecule has 0 bridgehead atoms. The normalized spacial score (nSPS) is 18.6. The molecular formula is C30H26N4O3. The Balaban J connectivity index is 1.49. The average Bonchev–Trinajstić information content (AvgIpc) is 3.41. The molecule has 7 nitrogen and oxygen atoms in total. The van der Waals surface area contributed by atoms with Gasteiger partial charge in [0.25, 0.3) is 11.8 Å². The van der Waals surface area contributed by atoms with Gasteiger partial charge in [-0.25, -0.2) is 9.69 Å². The van der Waals surface area contributed by atoms with Crippen LogP contribution in [0.5, 0.6) is 0 Å². The maximum atomic E-state index is 14.1. The molecule has 0 radical (unpaired) electrons. The molecule has 37 heavy (non-hydrogen) atoms. The van der Waals surface area contributed by atoms with Gasteiger partial charge in [0.2, 0.25) is 0 Å². The maximum Gasteiger partial charge on any atom is 0.332 e. The molecule has 0 spiro atoms. The fourth-order valence-corrected chi connectivity index (χ4v) is 5.51. The molecule has 1 fully saturated rings. The van der Waals surface area contributed by atoms with Gasteiger partial charge in [0.15, 0.2) is 0 Å². The highest BCUT2D eigenvalue weighted by atomic mass is 16.2. The van der Waals surface area contributed by atoms with Crippen molar-refractivity contribution in [3.63, 3.8) is 0 Å². The summed E-state index contributed by atoms with van der Waals surface area (Å²) in [5.74, 6) is -0.700. The van der Waals surface area contributed by atoms with Crippen molar-refractivity contribution < 1.29 is 14.4 Å². The predicted molar refractivity (Wildman–Crippen MR) is 143 cm³/mol. The molecule has 0 saturated carbocycles. The monoisotopic (exact) mass is 490 g/mol. The van der Waals surface area contributed by atoms with Gasteiger partial charge in [-0.05, 0) is 36.2 Å². The molecule has 0 unspecified atom stereocenters. The van der Waals surface area contributed by atoms with Gasteiger partial charge >= 0.3 is 6.03 Å². The van der Waals surface area contributed by atoms with E-state index < -0.39 is 18.1 Å². The van der Waals surface area contributed by atoms with Crippen LogP contribution in [0.4, 0.5) is 10.5 Å². The Bertz CT molecular complexity index is 1570. The van der Waals surface area contributed by atoms with Gasteiger partial charge < -0.3 is 10.3 Å². The molecule has 1 saturated heterocycles. The average molecular weight is 491 g/mol. The largest absolute Gasteiger partial charge is 0.356 e. The molecule has 2 atom stereocenters. The maximum absolute atomic E-state index is 14.1. The Morgan fingerprint density at radius 3 is 2.57 bits per heavy atom. The third-order valence-corrected chi connectivity index (χ3v) is 7.24. The fraction of sp³-hybridized carbons (Fsp3) is 0.167. The van der Waals surface area contributed by atoms with Crippen LogP contribution in [0.2, 0.25) is 0 Å². The van der Waals surface area contributed by atoms with E-state index in [1.165, 1.54) is 4.90 Å². The minimum atomic E-state index is -0.685. The standard InChI is InChI=1S/C30H26N4O3/c1-3-16-31-28(35)21-9-5-7-11-24(21)34-29(36)25-17-22-20-8-4-6-10-23(20)32-26(22)27(33(25)30(34)37)19-14-12-18(2)13-15-19/h3-15,25,27,32H,1,16-17H2,2H3,(H,31,35)/t25-,27-/m0/s1. The summed E-state index contributed by atoms with van der Waals surface area (Å²) < 4.78 is 0. The molecule has 2 N–H and O–H groups in total. The number of carbonyl (C=O) groups is 3. The van der Waals surface area contributed by atoms with E-state index in [9.17, 15) is 14.4 Å². The van der Waals surface area contributed by atoms with Crippen molar-refractivity contribution in [2.45, 2.75) is 25.4 Å². The van der Waals surface area contributed by atoms with Crippen LogP contribution in [0.3, 0.4) is 0 Å². The lowest BCUT2D eigenvalue weighted by atomic mass is 9.88. The van der Waals surface area contributed by atoms with Crippen LogP contribution in [-0.4, -0.2) is 40.3 Å². The zero-order valence-electron chi connectivity index (χ0n) is 20.4. The number of benzene rings is 3. The Labute approximate surface area is 214 Å². The van der Waals surface area contributed by atoms with Crippen molar-refractivity contribution in [1.29, 1.82) is 0 Å². The van der Waals surface area contributed by atoms with Crippen molar-refractivity contribution in [3.05, 3.63) is 113 Å². The lowest BCUT2D eigenvalue weighted by Gasteiger charge is -2.36. The molecule has 4 aromatic rings. The topological polar surface area (TPSA) is 85.5 Å². The number of imide groups is 1. The number of para-hydroxylation sites is 2. The van der Waals surface area contributed by atoms with Crippen LogP contribution >= 0.6 is 0 Å². The highest BCUT2D eigenvalue weighted by Crippen LogP contribution is 2.45. The first-order valence-corrected chi connectivity index (χ1v) is 12.3.